The summed E-state index contributed by atoms with van der Waals surface area (Å²) in [4.78, 5) is 15.8. The van der Waals surface area contributed by atoms with E-state index in [2.05, 4.69) is 43.6 Å². The number of anilines is 3. The lowest BCUT2D eigenvalue weighted by Crippen LogP contribution is -2.34. The molecule has 134 valence electrons. The molecule has 2 N–H and O–H groups in total. The molecule has 2 heterocycles. The van der Waals surface area contributed by atoms with Crippen molar-refractivity contribution in [2.24, 2.45) is 0 Å². The zero-order valence-corrected chi connectivity index (χ0v) is 15.4. The van der Waals surface area contributed by atoms with Gasteiger partial charge in [-0.15, -0.1) is 0 Å². The van der Waals surface area contributed by atoms with Gasteiger partial charge in [0.05, 0.1) is 0 Å². The monoisotopic (exact) mass is 340 g/mol. The molecule has 0 aromatic carbocycles. The Morgan fingerprint density at radius 3 is 2.76 bits per heavy atom. The van der Waals surface area contributed by atoms with Gasteiger partial charge in [0.25, 0.3) is 0 Å². The van der Waals surface area contributed by atoms with E-state index in [1.54, 1.807) is 0 Å². The van der Waals surface area contributed by atoms with Crippen molar-refractivity contribution >= 4 is 17.6 Å². The molecule has 25 heavy (non-hydrogen) atoms. The summed E-state index contributed by atoms with van der Waals surface area (Å²) in [7, 11) is 4.01. The lowest BCUT2D eigenvalue weighted by Gasteiger charge is -2.33. The molecular weight excluding hydrogens is 312 g/mol. The Balaban J connectivity index is 1.73. The van der Waals surface area contributed by atoms with Crippen molar-refractivity contribution in [3.8, 4) is 0 Å². The molecule has 1 saturated carbocycles. The smallest absolute Gasteiger partial charge is 0.224 e. The van der Waals surface area contributed by atoms with Crippen LogP contribution in [-0.4, -0.2) is 35.1 Å². The summed E-state index contributed by atoms with van der Waals surface area (Å²) in [5, 5.41) is 6.41. The fourth-order valence-electron chi connectivity index (χ4n) is 3.48. The van der Waals surface area contributed by atoms with Crippen molar-refractivity contribution < 1.29 is 0 Å². The quantitative estimate of drug-likeness (QED) is 0.837. The maximum atomic E-state index is 4.66. The van der Waals surface area contributed by atoms with E-state index in [-0.39, 0.29) is 0 Å². The van der Waals surface area contributed by atoms with Crippen LogP contribution in [0.15, 0.2) is 24.4 Å². The first-order chi connectivity index (χ1) is 12.2. The molecule has 2 aromatic heterocycles. The fourth-order valence-corrected chi connectivity index (χ4v) is 3.48. The molecule has 0 bridgehead atoms. The van der Waals surface area contributed by atoms with E-state index in [0.717, 1.165) is 17.3 Å². The minimum atomic E-state index is 0.597. The normalized spacial score (nSPS) is 15.0. The maximum absolute atomic E-state index is 4.66. The Kier molecular flexibility index (Phi) is 5.68. The molecule has 1 aliphatic carbocycles. The molecule has 0 saturated heterocycles. The van der Waals surface area contributed by atoms with Crippen molar-refractivity contribution in [2.75, 3.05) is 29.6 Å². The summed E-state index contributed by atoms with van der Waals surface area (Å²) < 4.78 is 0. The van der Waals surface area contributed by atoms with Gasteiger partial charge in [-0.1, -0.05) is 25.3 Å². The van der Waals surface area contributed by atoms with Gasteiger partial charge in [0, 0.05) is 50.2 Å². The fraction of sp³-hybridized carbons (Fsp3) is 0.526. The van der Waals surface area contributed by atoms with Crippen molar-refractivity contribution in [1.29, 1.82) is 0 Å². The molecule has 6 heteroatoms. The van der Waals surface area contributed by atoms with Crippen molar-refractivity contribution in [2.45, 2.75) is 51.6 Å². The number of nitrogens with zero attached hydrogens (tertiary/aromatic N) is 4. The molecular formula is C19H28N6. The standard InChI is InChI=1S/C19H28N6/c1-14-12-17(24-19(20-2)23-14)22-13-15-8-7-11-21-18(15)25(3)16-9-5-4-6-10-16/h7-8,11-12,16H,4-6,9-10,13H2,1-3H3,(H2,20,22,23,24). The number of aryl methyl sites for hydroxylation is 1. The molecule has 0 radical (unpaired) electrons. The van der Waals surface area contributed by atoms with Crippen LogP contribution in [0.1, 0.15) is 43.4 Å². The minimum absolute atomic E-state index is 0.597. The summed E-state index contributed by atoms with van der Waals surface area (Å²) >= 11 is 0. The second kappa shape index (κ2) is 8.14. The lowest BCUT2D eigenvalue weighted by atomic mass is 9.94. The second-order valence-electron chi connectivity index (χ2n) is 6.71. The topological polar surface area (TPSA) is 66.0 Å². The molecule has 0 spiro atoms. The van der Waals surface area contributed by atoms with E-state index in [9.17, 15) is 0 Å². The van der Waals surface area contributed by atoms with E-state index >= 15 is 0 Å². The van der Waals surface area contributed by atoms with Gasteiger partial charge in [-0.05, 0) is 25.8 Å². The highest BCUT2D eigenvalue weighted by Crippen LogP contribution is 2.27. The average Bonchev–Trinajstić information content (AvgIpc) is 2.66. The summed E-state index contributed by atoms with van der Waals surface area (Å²) in [6.07, 6.45) is 8.41. The summed E-state index contributed by atoms with van der Waals surface area (Å²) in [5.74, 6) is 2.53. The van der Waals surface area contributed by atoms with Crippen LogP contribution in [0.3, 0.4) is 0 Å². The third kappa shape index (κ3) is 4.38. The Labute approximate surface area is 150 Å². The van der Waals surface area contributed by atoms with Gasteiger partial charge in [-0.2, -0.15) is 4.98 Å². The Morgan fingerprint density at radius 2 is 2.00 bits per heavy atom. The van der Waals surface area contributed by atoms with E-state index < -0.39 is 0 Å². The largest absolute Gasteiger partial charge is 0.366 e. The first-order valence-electron chi connectivity index (χ1n) is 9.11. The zero-order chi connectivity index (χ0) is 17.6. The van der Waals surface area contributed by atoms with Gasteiger partial charge >= 0.3 is 0 Å². The highest BCUT2D eigenvalue weighted by atomic mass is 15.2. The van der Waals surface area contributed by atoms with Gasteiger partial charge in [0.1, 0.15) is 11.6 Å². The first-order valence-corrected chi connectivity index (χ1v) is 9.11. The molecule has 0 amide bonds. The molecule has 0 unspecified atom stereocenters. The molecule has 1 fully saturated rings. The number of rotatable bonds is 6. The molecule has 6 nitrogen and oxygen atoms in total. The van der Waals surface area contributed by atoms with Gasteiger partial charge < -0.3 is 15.5 Å². The van der Waals surface area contributed by atoms with Crippen LogP contribution < -0.4 is 15.5 Å². The number of nitrogens with one attached hydrogen (secondary N) is 2. The number of hydrogen-bond donors (Lipinski definition) is 2. The Hall–Kier alpha value is -2.37. The average molecular weight is 340 g/mol. The van der Waals surface area contributed by atoms with Crippen LogP contribution in [0.5, 0.6) is 0 Å². The van der Waals surface area contributed by atoms with Crippen molar-refractivity contribution in [3.05, 3.63) is 35.7 Å². The van der Waals surface area contributed by atoms with Gasteiger partial charge in [-0.25, -0.2) is 9.97 Å². The second-order valence-corrected chi connectivity index (χ2v) is 6.71. The summed E-state index contributed by atoms with van der Waals surface area (Å²) in [6.45, 7) is 2.67. The molecule has 0 aliphatic heterocycles. The van der Waals surface area contributed by atoms with Crippen LogP contribution >= 0.6 is 0 Å². The SMILES string of the molecule is CNc1nc(C)cc(NCc2cccnc2N(C)C2CCCCC2)n1. The number of hydrogen-bond acceptors (Lipinski definition) is 6. The van der Waals surface area contributed by atoms with E-state index in [0.29, 0.717) is 18.5 Å². The minimum Gasteiger partial charge on any atom is -0.366 e. The number of pyridine rings is 1. The predicted molar refractivity (Wildman–Crippen MR) is 103 cm³/mol. The van der Waals surface area contributed by atoms with Crippen molar-refractivity contribution in [3.63, 3.8) is 0 Å². The van der Waals surface area contributed by atoms with Gasteiger partial charge in [0.2, 0.25) is 5.95 Å². The van der Waals surface area contributed by atoms with E-state index in [4.69, 9.17) is 0 Å². The third-order valence-corrected chi connectivity index (χ3v) is 4.86. The Morgan fingerprint density at radius 1 is 1.20 bits per heavy atom. The van der Waals surface area contributed by atoms with Crippen LogP contribution in [0.2, 0.25) is 0 Å². The highest BCUT2D eigenvalue weighted by molar-refractivity contribution is 5.50. The van der Waals surface area contributed by atoms with Gasteiger partial charge in [-0.3, -0.25) is 0 Å². The van der Waals surface area contributed by atoms with Crippen LogP contribution in [0, 0.1) is 6.92 Å². The maximum Gasteiger partial charge on any atom is 0.224 e. The summed E-state index contributed by atoms with van der Waals surface area (Å²) in [6, 6.07) is 6.70. The third-order valence-electron chi connectivity index (χ3n) is 4.86. The van der Waals surface area contributed by atoms with Crippen LogP contribution in [0.4, 0.5) is 17.6 Å². The zero-order valence-electron chi connectivity index (χ0n) is 15.4. The van der Waals surface area contributed by atoms with Crippen LogP contribution in [-0.2, 0) is 6.54 Å². The van der Waals surface area contributed by atoms with E-state index in [1.807, 2.05) is 32.3 Å². The molecule has 3 rings (SSSR count). The predicted octanol–water partition coefficient (Wildman–Crippen LogP) is 3.60. The van der Waals surface area contributed by atoms with E-state index in [1.165, 1.54) is 37.7 Å². The van der Waals surface area contributed by atoms with Crippen LogP contribution in [0.25, 0.3) is 0 Å². The first kappa shape index (κ1) is 17.5. The van der Waals surface area contributed by atoms with Gasteiger partial charge in [0.15, 0.2) is 0 Å². The molecule has 2 aromatic rings. The van der Waals surface area contributed by atoms with Crippen molar-refractivity contribution in [1.82, 2.24) is 15.0 Å². The highest BCUT2D eigenvalue weighted by Gasteiger charge is 2.20. The Bertz CT molecular complexity index is 696. The molecule has 0 atom stereocenters. The lowest BCUT2D eigenvalue weighted by molar-refractivity contribution is 0.425. The molecule has 1 aliphatic rings. The summed E-state index contributed by atoms with van der Waals surface area (Å²) in [5.41, 5.74) is 2.13. The number of aromatic nitrogens is 3.